The van der Waals surface area contributed by atoms with Gasteiger partial charge in [0, 0.05) is 30.5 Å². The summed E-state index contributed by atoms with van der Waals surface area (Å²) in [6, 6.07) is 11.1. The fraction of sp³-hybridized carbons (Fsp3) is 0.250. The predicted molar refractivity (Wildman–Crippen MR) is 98.6 cm³/mol. The summed E-state index contributed by atoms with van der Waals surface area (Å²) in [7, 11) is 1.39. The lowest BCUT2D eigenvalue weighted by atomic mass is 10.1. The van der Waals surface area contributed by atoms with Gasteiger partial charge in [0.05, 0.1) is 19.0 Å². The van der Waals surface area contributed by atoms with Gasteiger partial charge < -0.3 is 14.7 Å². The third-order valence-electron chi connectivity index (χ3n) is 4.73. The third-order valence-corrected chi connectivity index (χ3v) is 4.73. The van der Waals surface area contributed by atoms with Gasteiger partial charge in [0.2, 0.25) is 0 Å². The van der Waals surface area contributed by atoms with Gasteiger partial charge in [-0.15, -0.1) is 0 Å². The Kier molecular flexibility index (Phi) is 4.24. The molecule has 1 aromatic heterocycles. The molecule has 5 nitrogen and oxygen atoms in total. The van der Waals surface area contributed by atoms with Crippen LogP contribution in [0, 0.1) is 5.82 Å². The van der Waals surface area contributed by atoms with Crippen LogP contribution in [-0.4, -0.2) is 35.1 Å². The standard InChI is InChI=1S/C20H20FN3O2/c1-26-19-10-14(9-18(21)20(19)25)15-12-22-24(13-15)17-6-4-5-16(11-17)23-7-2-3-8-23/h4-6,9-13,25H,2-3,7-8H2,1H3. The van der Waals surface area contributed by atoms with Gasteiger partial charge in [-0.05, 0) is 48.7 Å². The van der Waals surface area contributed by atoms with Gasteiger partial charge in [0.25, 0.3) is 0 Å². The van der Waals surface area contributed by atoms with Crippen molar-refractivity contribution in [3.8, 4) is 28.3 Å². The molecule has 1 aliphatic rings. The lowest BCUT2D eigenvalue weighted by Gasteiger charge is -2.18. The number of hydrogen-bond donors (Lipinski definition) is 1. The van der Waals surface area contributed by atoms with Crippen molar-refractivity contribution in [1.82, 2.24) is 9.78 Å². The highest BCUT2D eigenvalue weighted by Gasteiger charge is 2.15. The van der Waals surface area contributed by atoms with Gasteiger partial charge in [0.1, 0.15) is 0 Å². The molecule has 0 atom stereocenters. The van der Waals surface area contributed by atoms with Crippen molar-refractivity contribution >= 4 is 5.69 Å². The van der Waals surface area contributed by atoms with Crippen LogP contribution in [0.2, 0.25) is 0 Å². The molecule has 0 spiro atoms. The van der Waals surface area contributed by atoms with Crippen LogP contribution < -0.4 is 9.64 Å². The number of aromatic nitrogens is 2. The first kappa shape index (κ1) is 16.4. The molecule has 1 N–H and O–H groups in total. The number of nitrogens with zero attached hydrogens (tertiary/aromatic N) is 3. The summed E-state index contributed by atoms with van der Waals surface area (Å²) in [6.45, 7) is 2.17. The molecular weight excluding hydrogens is 333 g/mol. The number of benzene rings is 2. The Morgan fingerprint density at radius 2 is 1.85 bits per heavy atom. The monoisotopic (exact) mass is 353 g/mol. The molecule has 4 rings (SSSR count). The number of hydrogen-bond acceptors (Lipinski definition) is 4. The summed E-state index contributed by atoms with van der Waals surface area (Å²) in [5, 5.41) is 14.1. The molecule has 2 heterocycles. The first-order valence-corrected chi connectivity index (χ1v) is 8.62. The van der Waals surface area contributed by atoms with Crippen molar-refractivity contribution in [2.24, 2.45) is 0 Å². The molecule has 0 aliphatic carbocycles. The Bertz CT molecular complexity index is 933. The van der Waals surface area contributed by atoms with Gasteiger partial charge in [-0.1, -0.05) is 6.07 Å². The van der Waals surface area contributed by atoms with Crippen molar-refractivity contribution in [3.05, 3.63) is 54.6 Å². The largest absolute Gasteiger partial charge is 0.502 e. The highest BCUT2D eigenvalue weighted by Crippen LogP contribution is 2.34. The average Bonchev–Trinajstić information content (AvgIpc) is 3.36. The molecule has 0 unspecified atom stereocenters. The topological polar surface area (TPSA) is 50.5 Å². The summed E-state index contributed by atoms with van der Waals surface area (Å²) >= 11 is 0. The molecule has 3 aromatic rings. The van der Waals surface area contributed by atoms with Crippen LogP contribution in [0.3, 0.4) is 0 Å². The molecular formula is C20H20FN3O2. The van der Waals surface area contributed by atoms with Crippen molar-refractivity contribution in [2.75, 3.05) is 25.1 Å². The van der Waals surface area contributed by atoms with Gasteiger partial charge in [0.15, 0.2) is 17.3 Å². The molecule has 0 radical (unpaired) electrons. The molecule has 6 heteroatoms. The number of aromatic hydroxyl groups is 1. The number of phenolic OH excluding ortho intramolecular Hbond substituents is 1. The van der Waals surface area contributed by atoms with Gasteiger partial charge >= 0.3 is 0 Å². The van der Waals surface area contributed by atoms with E-state index < -0.39 is 11.6 Å². The quantitative estimate of drug-likeness (QED) is 0.770. The Morgan fingerprint density at radius 1 is 1.08 bits per heavy atom. The van der Waals surface area contributed by atoms with Crippen LogP contribution in [0.4, 0.5) is 10.1 Å². The lowest BCUT2D eigenvalue weighted by Crippen LogP contribution is -2.17. The van der Waals surface area contributed by atoms with E-state index in [1.165, 1.54) is 31.7 Å². The first-order valence-electron chi connectivity index (χ1n) is 8.62. The fourth-order valence-electron chi connectivity index (χ4n) is 3.32. The van der Waals surface area contributed by atoms with Crippen LogP contribution >= 0.6 is 0 Å². The second-order valence-corrected chi connectivity index (χ2v) is 6.40. The molecule has 0 bridgehead atoms. The maximum Gasteiger partial charge on any atom is 0.194 e. The minimum atomic E-state index is -0.719. The number of methoxy groups -OCH3 is 1. The van der Waals surface area contributed by atoms with E-state index in [4.69, 9.17) is 4.74 Å². The SMILES string of the molecule is COc1cc(-c2cnn(-c3cccc(N4CCCC4)c3)c2)cc(F)c1O. The minimum absolute atomic E-state index is 0.101. The molecule has 134 valence electrons. The second-order valence-electron chi connectivity index (χ2n) is 6.40. The van der Waals surface area contributed by atoms with E-state index in [1.807, 2.05) is 18.3 Å². The van der Waals surface area contributed by atoms with Gasteiger partial charge in [-0.2, -0.15) is 5.10 Å². The fourth-order valence-corrected chi connectivity index (χ4v) is 3.32. The van der Waals surface area contributed by atoms with Gasteiger partial charge in [-0.25, -0.2) is 9.07 Å². The second kappa shape index (κ2) is 6.71. The molecule has 0 saturated carbocycles. The molecule has 1 aliphatic heterocycles. The number of rotatable bonds is 4. The number of anilines is 1. The highest BCUT2D eigenvalue weighted by atomic mass is 19.1. The normalized spacial score (nSPS) is 14.0. The Balaban J connectivity index is 1.66. The summed E-state index contributed by atoms with van der Waals surface area (Å²) in [6.07, 6.45) is 5.97. The van der Waals surface area contributed by atoms with Crippen molar-refractivity contribution in [1.29, 1.82) is 0 Å². The number of halogens is 1. The molecule has 26 heavy (non-hydrogen) atoms. The summed E-state index contributed by atoms with van der Waals surface area (Å²) in [5.74, 6) is -1.10. The smallest absolute Gasteiger partial charge is 0.194 e. The minimum Gasteiger partial charge on any atom is -0.502 e. The Morgan fingerprint density at radius 3 is 2.62 bits per heavy atom. The molecule has 2 aromatic carbocycles. The zero-order chi connectivity index (χ0) is 18.1. The predicted octanol–water partition coefficient (Wildman–Crippen LogP) is 3.99. The van der Waals surface area contributed by atoms with Gasteiger partial charge in [-0.3, -0.25) is 0 Å². The number of ether oxygens (including phenoxy) is 1. The number of phenols is 1. The van der Waals surface area contributed by atoms with Crippen LogP contribution in [0.1, 0.15) is 12.8 Å². The molecule has 1 fully saturated rings. The highest BCUT2D eigenvalue weighted by molar-refractivity contribution is 5.67. The maximum absolute atomic E-state index is 13.9. The lowest BCUT2D eigenvalue weighted by molar-refractivity contribution is 0.357. The van der Waals surface area contributed by atoms with Crippen molar-refractivity contribution in [3.63, 3.8) is 0 Å². The van der Waals surface area contributed by atoms with E-state index in [0.29, 0.717) is 5.56 Å². The molecule has 1 saturated heterocycles. The zero-order valence-corrected chi connectivity index (χ0v) is 14.5. The molecule has 0 amide bonds. The van der Waals surface area contributed by atoms with E-state index in [-0.39, 0.29) is 5.75 Å². The zero-order valence-electron chi connectivity index (χ0n) is 14.5. The summed E-state index contributed by atoms with van der Waals surface area (Å²) in [5.41, 5.74) is 3.48. The maximum atomic E-state index is 13.9. The van der Waals surface area contributed by atoms with Crippen molar-refractivity contribution < 1.29 is 14.2 Å². The van der Waals surface area contributed by atoms with Crippen LogP contribution in [0.25, 0.3) is 16.8 Å². The van der Waals surface area contributed by atoms with Crippen molar-refractivity contribution in [2.45, 2.75) is 12.8 Å². The summed E-state index contributed by atoms with van der Waals surface area (Å²) in [4.78, 5) is 2.37. The summed E-state index contributed by atoms with van der Waals surface area (Å²) < 4.78 is 20.7. The van der Waals surface area contributed by atoms with E-state index in [0.717, 1.165) is 24.3 Å². The van der Waals surface area contributed by atoms with Crippen LogP contribution in [0.15, 0.2) is 48.8 Å². The Hall–Kier alpha value is -3.02. The Labute approximate surface area is 151 Å². The van der Waals surface area contributed by atoms with E-state index in [2.05, 4.69) is 22.1 Å². The average molecular weight is 353 g/mol. The van der Waals surface area contributed by atoms with E-state index >= 15 is 0 Å². The van der Waals surface area contributed by atoms with Crippen LogP contribution in [-0.2, 0) is 0 Å². The first-order chi connectivity index (χ1) is 12.7. The van der Waals surface area contributed by atoms with E-state index in [1.54, 1.807) is 16.9 Å². The van der Waals surface area contributed by atoms with Crippen LogP contribution in [0.5, 0.6) is 11.5 Å². The van der Waals surface area contributed by atoms with E-state index in [9.17, 15) is 9.50 Å². The third kappa shape index (κ3) is 2.98.